The fraction of sp³-hybridized carbons (Fsp3) is 0.0769. The lowest BCUT2D eigenvalue weighted by atomic mass is 10.2. The maximum atomic E-state index is 9.07. The van der Waals surface area contributed by atoms with Gasteiger partial charge in [0.2, 0.25) is 0 Å². The first-order valence-corrected chi connectivity index (χ1v) is 6.47. The molecule has 0 fully saturated rings. The van der Waals surface area contributed by atoms with Gasteiger partial charge in [-0.1, -0.05) is 17.7 Å². The van der Waals surface area contributed by atoms with Crippen LogP contribution in [0.2, 0.25) is 5.02 Å². The molecule has 2 aromatic carbocycles. The maximum Gasteiger partial charge on any atom is 0.128 e. The molecule has 0 aliphatic carbocycles. The van der Waals surface area contributed by atoms with Crippen LogP contribution in [0.3, 0.4) is 0 Å². The second kappa shape index (κ2) is 5.71. The molecule has 0 aliphatic heterocycles. The molecule has 0 saturated carbocycles. The van der Waals surface area contributed by atoms with Crippen molar-refractivity contribution in [3.63, 3.8) is 0 Å². The monoisotopic (exact) mass is 360 g/mol. The number of hydrogen-bond donors (Lipinski definition) is 1. The largest absolute Gasteiger partial charge is 0.457 e. The summed E-state index contributed by atoms with van der Waals surface area (Å²) in [6.45, 7) is 0.0412. The Bertz CT molecular complexity index is 511. The van der Waals surface area contributed by atoms with Crippen molar-refractivity contribution in [2.24, 2.45) is 0 Å². The Kier molecular flexibility index (Phi) is 4.25. The number of rotatable bonds is 3. The molecule has 0 saturated heterocycles. The minimum Gasteiger partial charge on any atom is -0.457 e. The van der Waals surface area contributed by atoms with Gasteiger partial charge in [0, 0.05) is 8.59 Å². The summed E-state index contributed by atoms with van der Waals surface area (Å²) in [5, 5.41) is 9.75. The molecule has 2 rings (SSSR count). The highest BCUT2D eigenvalue weighted by Gasteiger charge is 2.02. The van der Waals surface area contributed by atoms with E-state index in [1.807, 2.05) is 30.3 Å². The van der Waals surface area contributed by atoms with Gasteiger partial charge in [-0.2, -0.15) is 0 Å². The number of benzene rings is 2. The fourth-order valence-electron chi connectivity index (χ4n) is 1.36. The zero-order valence-corrected chi connectivity index (χ0v) is 11.8. The van der Waals surface area contributed by atoms with E-state index in [1.165, 1.54) is 0 Å². The average molecular weight is 361 g/mol. The Labute approximate surface area is 118 Å². The number of hydrogen-bond acceptors (Lipinski definition) is 2. The summed E-state index contributed by atoms with van der Waals surface area (Å²) in [5.74, 6) is 1.48. The van der Waals surface area contributed by atoms with Crippen LogP contribution in [-0.2, 0) is 6.61 Å². The predicted octanol–water partition coefficient (Wildman–Crippen LogP) is 4.23. The van der Waals surface area contributed by atoms with E-state index in [4.69, 9.17) is 21.4 Å². The Morgan fingerprint density at radius 2 is 1.71 bits per heavy atom. The van der Waals surface area contributed by atoms with Crippen LogP contribution in [0.1, 0.15) is 5.56 Å². The van der Waals surface area contributed by atoms with Gasteiger partial charge in [-0.25, -0.2) is 0 Å². The lowest BCUT2D eigenvalue weighted by Crippen LogP contribution is -1.90. The Balaban J connectivity index is 2.19. The molecule has 0 unspecified atom stereocenters. The summed E-state index contributed by atoms with van der Waals surface area (Å²) in [6, 6.07) is 12.8. The Morgan fingerprint density at radius 3 is 2.29 bits per heavy atom. The molecule has 0 bridgehead atoms. The molecule has 17 heavy (non-hydrogen) atoms. The van der Waals surface area contributed by atoms with Gasteiger partial charge in [0.1, 0.15) is 11.5 Å². The van der Waals surface area contributed by atoms with Gasteiger partial charge in [-0.15, -0.1) is 0 Å². The van der Waals surface area contributed by atoms with E-state index in [-0.39, 0.29) is 6.61 Å². The van der Waals surface area contributed by atoms with Gasteiger partial charge in [0.15, 0.2) is 0 Å². The molecule has 0 heterocycles. The molecule has 0 spiro atoms. The molecular formula is C13H10ClIO2. The third-order valence-corrected chi connectivity index (χ3v) is 3.50. The van der Waals surface area contributed by atoms with Crippen molar-refractivity contribution < 1.29 is 9.84 Å². The zero-order valence-electron chi connectivity index (χ0n) is 8.86. The summed E-state index contributed by atoms with van der Waals surface area (Å²) in [7, 11) is 0. The van der Waals surface area contributed by atoms with E-state index >= 15 is 0 Å². The number of ether oxygens (including phenoxy) is 1. The van der Waals surface area contributed by atoms with Crippen LogP contribution in [0.25, 0.3) is 0 Å². The van der Waals surface area contributed by atoms with Gasteiger partial charge in [-0.05, 0) is 64.6 Å². The van der Waals surface area contributed by atoms with E-state index in [0.29, 0.717) is 5.02 Å². The first kappa shape index (κ1) is 12.7. The molecule has 0 atom stereocenters. The van der Waals surface area contributed by atoms with Crippen LogP contribution in [0, 0.1) is 3.57 Å². The second-order valence-corrected chi connectivity index (χ2v) is 5.07. The van der Waals surface area contributed by atoms with Crippen molar-refractivity contribution in [3.8, 4) is 11.5 Å². The summed E-state index contributed by atoms with van der Waals surface area (Å²) in [4.78, 5) is 0. The predicted molar refractivity (Wildman–Crippen MR) is 76.6 cm³/mol. The van der Waals surface area contributed by atoms with E-state index in [2.05, 4.69) is 22.6 Å². The van der Waals surface area contributed by atoms with Crippen LogP contribution in [-0.4, -0.2) is 5.11 Å². The maximum absolute atomic E-state index is 9.07. The topological polar surface area (TPSA) is 29.5 Å². The van der Waals surface area contributed by atoms with Crippen LogP contribution in [0.5, 0.6) is 11.5 Å². The standard InChI is InChI=1S/C13H10ClIO2/c14-10-2-5-11(6-3-10)17-12-4-1-9(8-16)13(15)7-12/h1-7,16H,8H2. The van der Waals surface area contributed by atoms with Gasteiger partial charge in [0.05, 0.1) is 6.61 Å². The Hall–Kier alpha value is -0.780. The van der Waals surface area contributed by atoms with Crippen molar-refractivity contribution in [1.82, 2.24) is 0 Å². The normalized spacial score (nSPS) is 10.3. The molecule has 88 valence electrons. The molecule has 0 aliphatic rings. The fourth-order valence-corrected chi connectivity index (χ4v) is 2.14. The first-order valence-electron chi connectivity index (χ1n) is 5.02. The average Bonchev–Trinajstić information content (AvgIpc) is 2.32. The first-order chi connectivity index (χ1) is 8.19. The highest BCUT2D eigenvalue weighted by molar-refractivity contribution is 14.1. The van der Waals surface area contributed by atoms with Crippen LogP contribution in [0.4, 0.5) is 0 Å². The minimum atomic E-state index is 0.0412. The van der Waals surface area contributed by atoms with E-state index < -0.39 is 0 Å². The number of halogens is 2. The SMILES string of the molecule is OCc1ccc(Oc2ccc(Cl)cc2)cc1I. The molecule has 0 aromatic heterocycles. The van der Waals surface area contributed by atoms with Crippen molar-refractivity contribution in [3.05, 3.63) is 56.6 Å². The summed E-state index contributed by atoms with van der Waals surface area (Å²) in [6.07, 6.45) is 0. The molecular weight excluding hydrogens is 350 g/mol. The third kappa shape index (κ3) is 3.34. The highest BCUT2D eigenvalue weighted by atomic mass is 127. The Morgan fingerprint density at radius 1 is 1.06 bits per heavy atom. The van der Waals surface area contributed by atoms with Crippen molar-refractivity contribution in [2.75, 3.05) is 0 Å². The number of aliphatic hydroxyl groups excluding tert-OH is 1. The van der Waals surface area contributed by atoms with Gasteiger partial charge in [-0.3, -0.25) is 0 Å². The van der Waals surface area contributed by atoms with Crippen LogP contribution >= 0.6 is 34.2 Å². The highest BCUT2D eigenvalue weighted by Crippen LogP contribution is 2.26. The van der Waals surface area contributed by atoms with E-state index in [0.717, 1.165) is 20.6 Å². The van der Waals surface area contributed by atoms with E-state index in [9.17, 15) is 0 Å². The number of aliphatic hydroxyl groups is 1. The quantitative estimate of drug-likeness (QED) is 0.830. The smallest absolute Gasteiger partial charge is 0.128 e. The van der Waals surface area contributed by atoms with Crippen molar-refractivity contribution in [2.45, 2.75) is 6.61 Å². The molecule has 4 heteroatoms. The molecule has 2 aromatic rings. The lowest BCUT2D eigenvalue weighted by molar-refractivity contribution is 0.281. The van der Waals surface area contributed by atoms with Crippen LogP contribution in [0.15, 0.2) is 42.5 Å². The zero-order chi connectivity index (χ0) is 12.3. The second-order valence-electron chi connectivity index (χ2n) is 3.47. The molecule has 2 nitrogen and oxygen atoms in total. The van der Waals surface area contributed by atoms with Crippen LogP contribution < -0.4 is 4.74 Å². The van der Waals surface area contributed by atoms with Crippen molar-refractivity contribution in [1.29, 1.82) is 0 Å². The third-order valence-electron chi connectivity index (χ3n) is 2.24. The minimum absolute atomic E-state index is 0.0412. The molecule has 0 radical (unpaired) electrons. The van der Waals surface area contributed by atoms with Crippen molar-refractivity contribution >= 4 is 34.2 Å². The summed E-state index contributed by atoms with van der Waals surface area (Å²) in [5.41, 5.74) is 0.897. The summed E-state index contributed by atoms with van der Waals surface area (Å²) < 4.78 is 6.65. The van der Waals surface area contributed by atoms with Gasteiger partial charge >= 0.3 is 0 Å². The molecule has 1 N–H and O–H groups in total. The molecule has 0 amide bonds. The van der Waals surface area contributed by atoms with E-state index in [1.54, 1.807) is 12.1 Å². The summed E-state index contributed by atoms with van der Waals surface area (Å²) >= 11 is 7.97. The van der Waals surface area contributed by atoms with Gasteiger partial charge in [0.25, 0.3) is 0 Å². The lowest BCUT2D eigenvalue weighted by Gasteiger charge is -2.07. The van der Waals surface area contributed by atoms with Gasteiger partial charge < -0.3 is 9.84 Å².